The van der Waals surface area contributed by atoms with Crippen molar-refractivity contribution in [2.45, 2.75) is 62.7 Å². The summed E-state index contributed by atoms with van der Waals surface area (Å²) in [6.45, 7) is 3.01. The maximum absolute atomic E-state index is 4.75. The van der Waals surface area contributed by atoms with Gasteiger partial charge in [0.15, 0.2) is 0 Å². The Morgan fingerprint density at radius 2 is 2.00 bits per heavy atom. The zero-order valence-corrected chi connectivity index (χ0v) is 13.9. The number of thioether (sulfide) groups is 1. The van der Waals surface area contributed by atoms with Crippen LogP contribution in [0.3, 0.4) is 0 Å². The monoisotopic (exact) mass is 306 g/mol. The van der Waals surface area contributed by atoms with Crippen LogP contribution in [0.4, 0.5) is 11.6 Å². The molecule has 1 aromatic rings. The molecule has 0 amide bonds. The van der Waals surface area contributed by atoms with Gasteiger partial charge in [-0.25, -0.2) is 9.97 Å². The molecule has 0 aliphatic heterocycles. The Bertz CT molecular complexity index is 475. The fraction of sp³-hybridized carbons (Fsp3) is 0.750. The second kappa shape index (κ2) is 6.86. The zero-order chi connectivity index (χ0) is 14.7. The smallest absolute Gasteiger partial charge is 0.136 e. The van der Waals surface area contributed by atoms with Gasteiger partial charge < -0.3 is 10.6 Å². The topological polar surface area (TPSA) is 49.8 Å². The molecule has 1 heterocycles. The van der Waals surface area contributed by atoms with Crippen molar-refractivity contribution in [3.63, 3.8) is 0 Å². The van der Waals surface area contributed by atoms with E-state index in [-0.39, 0.29) is 0 Å². The number of hydrogen-bond donors (Lipinski definition) is 2. The third kappa shape index (κ3) is 4.02. The predicted octanol–water partition coefficient (Wildman–Crippen LogP) is 3.87. The molecule has 3 rings (SSSR count). The van der Waals surface area contributed by atoms with E-state index in [1.54, 1.807) is 0 Å². The van der Waals surface area contributed by atoms with Crippen LogP contribution in [0.15, 0.2) is 6.07 Å². The molecule has 2 atom stereocenters. The second-order valence-corrected chi connectivity index (χ2v) is 7.30. The van der Waals surface area contributed by atoms with Crippen molar-refractivity contribution >= 4 is 23.4 Å². The van der Waals surface area contributed by atoms with E-state index in [1.165, 1.54) is 38.5 Å². The Morgan fingerprint density at radius 1 is 1.19 bits per heavy atom. The van der Waals surface area contributed by atoms with Gasteiger partial charge in [-0.1, -0.05) is 6.42 Å². The highest BCUT2D eigenvalue weighted by atomic mass is 32.2. The number of aromatic nitrogens is 2. The van der Waals surface area contributed by atoms with Crippen molar-refractivity contribution in [3.05, 3.63) is 11.9 Å². The largest absolute Gasteiger partial charge is 0.370 e. The van der Waals surface area contributed by atoms with Crippen LogP contribution in [0.25, 0.3) is 0 Å². The lowest BCUT2D eigenvalue weighted by Gasteiger charge is -2.29. The van der Waals surface area contributed by atoms with E-state index in [0.29, 0.717) is 12.0 Å². The Hall–Kier alpha value is -0.970. The fourth-order valence-electron chi connectivity index (χ4n) is 3.03. The van der Waals surface area contributed by atoms with Crippen LogP contribution in [0, 0.1) is 0 Å². The molecular formula is C16H26N4S. The number of nitrogens with one attached hydrogen (secondary N) is 2. The van der Waals surface area contributed by atoms with Gasteiger partial charge in [-0.3, -0.25) is 0 Å². The summed E-state index contributed by atoms with van der Waals surface area (Å²) in [5.41, 5.74) is 0. The van der Waals surface area contributed by atoms with Crippen LogP contribution in [0.2, 0.25) is 0 Å². The summed E-state index contributed by atoms with van der Waals surface area (Å²) in [4.78, 5) is 9.40. The Labute approximate surface area is 131 Å². The number of anilines is 2. The van der Waals surface area contributed by atoms with Gasteiger partial charge in [0, 0.05) is 29.8 Å². The molecule has 0 bridgehead atoms. The average Bonchev–Trinajstić information content (AvgIpc) is 3.32. The molecule has 0 radical (unpaired) electrons. The van der Waals surface area contributed by atoms with Crippen LogP contribution >= 0.6 is 11.8 Å². The quantitative estimate of drug-likeness (QED) is 0.835. The van der Waals surface area contributed by atoms with Gasteiger partial charge in [-0.2, -0.15) is 11.8 Å². The summed E-state index contributed by atoms with van der Waals surface area (Å²) in [7, 11) is 0. The molecule has 2 aliphatic carbocycles. The van der Waals surface area contributed by atoms with E-state index < -0.39 is 0 Å². The van der Waals surface area contributed by atoms with Crippen molar-refractivity contribution in [1.29, 1.82) is 0 Å². The SMILES string of the molecule is CCNc1cc(NC2CCCC(SC)C2)nc(C2CC2)n1. The first kappa shape index (κ1) is 14.9. The van der Waals surface area contributed by atoms with Gasteiger partial charge in [0.25, 0.3) is 0 Å². The molecule has 2 fully saturated rings. The lowest BCUT2D eigenvalue weighted by molar-refractivity contribution is 0.472. The Balaban J connectivity index is 1.71. The summed E-state index contributed by atoms with van der Waals surface area (Å²) in [5, 5.41) is 7.80. The molecule has 5 heteroatoms. The van der Waals surface area contributed by atoms with E-state index in [4.69, 9.17) is 4.98 Å². The van der Waals surface area contributed by atoms with Crippen molar-refractivity contribution in [1.82, 2.24) is 9.97 Å². The molecule has 2 unspecified atom stereocenters. The molecule has 4 nitrogen and oxygen atoms in total. The maximum atomic E-state index is 4.75. The summed E-state index contributed by atoms with van der Waals surface area (Å²) >= 11 is 2.00. The highest BCUT2D eigenvalue weighted by molar-refractivity contribution is 7.99. The fourth-order valence-corrected chi connectivity index (χ4v) is 3.86. The molecule has 0 spiro atoms. The third-order valence-corrected chi connectivity index (χ3v) is 5.45. The van der Waals surface area contributed by atoms with Gasteiger partial charge in [-0.15, -0.1) is 0 Å². The first-order valence-corrected chi connectivity index (χ1v) is 9.49. The molecule has 21 heavy (non-hydrogen) atoms. The normalized spacial score (nSPS) is 25.6. The van der Waals surface area contributed by atoms with Crippen LogP contribution < -0.4 is 10.6 Å². The lowest BCUT2D eigenvalue weighted by Crippen LogP contribution is -2.29. The van der Waals surface area contributed by atoms with Crippen molar-refractivity contribution in [2.24, 2.45) is 0 Å². The molecule has 0 aromatic carbocycles. The predicted molar refractivity (Wildman–Crippen MR) is 91.4 cm³/mol. The standard InChI is InChI=1S/C16H26N4S/c1-3-17-14-10-15(20-16(19-14)11-7-8-11)18-12-5-4-6-13(9-12)21-2/h10-13H,3-9H2,1-2H3,(H2,17,18,19,20). The average molecular weight is 306 g/mol. The first-order valence-electron chi connectivity index (χ1n) is 8.20. The minimum atomic E-state index is 0.563. The van der Waals surface area contributed by atoms with Crippen LogP contribution in [-0.4, -0.2) is 34.1 Å². The summed E-state index contributed by atoms with van der Waals surface area (Å²) < 4.78 is 0. The van der Waals surface area contributed by atoms with E-state index in [2.05, 4.69) is 34.9 Å². The lowest BCUT2D eigenvalue weighted by atomic mass is 9.95. The number of hydrogen-bond acceptors (Lipinski definition) is 5. The zero-order valence-electron chi connectivity index (χ0n) is 13.1. The highest BCUT2D eigenvalue weighted by Gasteiger charge is 2.28. The van der Waals surface area contributed by atoms with E-state index in [9.17, 15) is 0 Å². The Kier molecular flexibility index (Phi) is 4.88. The number of nitrogens with zero attached hydrogens (tertiary/aromatic N) is 2. The van der Waals surface area contributed by atoms with Gasteiger partial charge in [0.1, 0.15) is 17.5 Å². The van der Waals surface area contributed by atoms with Crippen molar-refractivity contribution in [2.75, 3.05) is 23.4 Å². The molecule has 1 aromatic heterocycles. The van der Waals surface area contributed by atoms with Gasteiger partial charge >= 0.3 is 0 Å². The van der Waals surface area contributed by atoms with Gasteiger partial charge in [0.2, 0.25) is 0 Å². The number of rotatable bonds is 6. The van der Waals surface area contributed by atoms with E-state index >= 15 is 0 Å². The van der Waals surface area contributed by atoms with Crippen molar-refractivity contribution in [3.8, 4) is 0 Å². The highest BCUT2D eigenvalue weighted by Crippen LogP contribution is 2.39. The van der Waals surface area contributed by atoms with Crippen LogP contribution in [0.5, 0.6) is 0 Å². The van der Waals surface area contributed by atoms with Gasteiger partial charge in [0.05, 0.1) is 0 Å². The molecule has 0 saturated heterocycles. The second-order valence-electron chi connectivity index (χ2n) is 6.17. The van der Waals surface area contributed by atoms with Crippen LogP contribution in [-0.2, 0) is 0 Å². The molecule has 116 valence electrons. The first-order chi connectivity index (χ1) is 10.3. The maximum Gasteiger partial charge on any atom is 0.136 e. The molecule has 2 aliphatic rings. The molecule has 2 N–H and O–H groups in total. The van der Waals surface area contributed by atoms with Crippen LogP contribution in [0.1, 0.15) is 57.2 Å². The van der Waals surface area contributed by atoms with Crippen molar-refractivity contribution < 1.29 is 0 Å². The van der Waals surface area contributed by atoms with Gasteiger partial charge in [-0.05, 0) is 45.3 Å². The van der Waals surface area contributed by atoms with E-state index in [1.807, 2.05) is 11.8 Å². The third-order valence-electron chi connectivity index (χ3n) is 4.36. The molecule has 2 saturated carbocycles. The summed E-state index contributed by atoms with van der Waals surface area (Å²) in [6.07, 6.45) is 9.91. The Morgan fingerprint density at radius 3 is 2.71 bits per heavy atom. The molecular weight excluding hydrogens is 280 g/mol. The van der Waals surface area contributed by atoms with E-state index in [0.717, 1.165) is 29.3 Å². The summed E-state index contributed by atoms with van der Waals surface area (Å²) in [5.74, 6) is 3.59. The minimum absolute atomic E-state index is 0.563. The minimum Gasteiger partial charge on any atom is -0.370 e. The summed E-state index contributed by atoms with van der Waals surface area (Å²) in [6, 6.07) is 2.63.